The number of carbonyl (C=O) groups is 3. The van der Waals surface area contributed by atoms with Crippen LogP contribution in [0.3, 0.4) is 0 Å². The van der Waals surface area contributed by atoms with Gasteiger partial charge >= 0.3 is 0 Å². The lowest BCUT2D eigenvalue weighted by molar-refractivity contribution is -0.136. The van der Waals surface area contributed by atoms with E-state index in [0.29, 0.717) is 30.2 Å². The molecule has 158 valence electrons. The average molecular weight is 522 g/mol. The summed E-state index contributed by atoms with van der Waals surface area (Å²) in [6, 6.07) is 11.9. The van der Waals surface area contributed by atoms with Crippen molar-refractivity contribution in [2.24, 2.45) is 0 Å². The molecule has 0 radical (unpaired) electrons. The molecule has 1 atom stereocenters. The second-order valence-corrected chi connectivity index (χ2v) is 8.16. The molecule has 1 unspecified atom stereocenters. The van der Waals surface area contributed by atoms with Crippen molar-refractivity contribution < 1.29 is 23.9 Å². The van der Waals surface area contributed by atoms with E-state index in [2.05, 4.69) is 22.6 Å². The minimum atomic E-state index is -0.797. The quantitative estimate of drug-likeness (QED) is 0.413. The summed E-state index contributed by atoms with van der Waals surface area (Å²) in [4.78, 5) is 40.5. The molecule has 2 aromatic carbocycles. The van der Waals surface area contributed by atoms with Gasteiger partial charge in [0.15, 0.2) is 11.5 Å². The number of anilines is 1. The largest absolute Gasteiger partial charge is 0.493 e. The Labute approximate surface area is 189 Å². The predicted molar refractivity (Wildman–Crippen MR) is 121 cm³/mol. The molecule has 30 heavy (non-hydrogen) atoms. The van der Waals surface area contributed by atoms with Crippen LogP contribution in [0.2, 0.25) is 0 Å². The van der Waals surface area contributed by atoms with E-state index in [9.17, 15) is 14.4 Å². The van der Waals surface area contributed by atoms with Crippen LogP contribution in [0.5, 0.6) is 11.5 Å². The van der Waals surface area contributed by atoms with Crippen LogP contribution in [-0.2, 0) is 20.8 Å². The maximum absolute atomic E-state index is 13.0. The van der Waals surface area contributed by atoms with Crippen LogP contribution in [0.15, 0.2) is 42.5 Å². The monoisotopic (exact) mass is 522 g/mol. The van der Waals surface area contributed by atoms with Crippen molar-refractivity contribution in [2.75, 3.05) is 25.7 Å². The summed E-state index contributed by atoms with van der Waals surface area (Å²) in [6.45, 7) is 1.73. The number of hydrogen-bond donors (Lipinski definition) is 0. The van der Waals surface area contributed by atoms with Crippen LogP contribution in [-0.4, -0.2) is 49.4 Å². The number of ether oxygens (including phenoxy) is 2. The molecule has 1 fully saturated rings. The molecule has 1 saturated heterocycles. The minimum absolute atomic E-state index is 0.0175. The SMILES string of the molecule is COc1ccc(CCN(C(C)=O)C2CC(=O)N(c3ccc(I)cc3)C2=O)cc1OC. The van der Waals surface area contributed by atoms with E-state index in [0.717, 1.165) is 9.13 Å². The van der Waals surface area contributed by atoms with E-state index in [1.54, 1.807) is 32.4 Å². The smallest absolute Gasteiger partial charge is 0.257 e. The molecule has 2 aromatic rings. The molecule has 0 aromatic heterocycles. The molecule has 3 rings (SSSR count). The molecule has 1 aliphatic rings. The van der Waals surface area contributed by atoms with Gasteiger partial charge in [0.25, 0.3) is 5.91 Å². The Bertz CT molecular complexity index is 961. The van der Waals surface area contributed by atoms with Gasteiger partial charge in [-0.25, -0.2) is 4.90 Å². The van der Waals surface area contributed by atoms with Gasteiger partial charge in [-0.2, -0.15) is 0 Å². The van der Waals surface area contributed by atoms with Crippen molar-refractivity contribution in [2.45, 2.75) is 25.8 Å². The van der Waals surface area contributed by atoms with Gasteiger partial charge < -0.3 is 14.4 Å². The normalized spacial score (nSPS) is 16.0. The van der Waals surface area contributed by atoms with Gasteiger partial charge in [0.1, 0.15) is 6.04 Å². The summed E-state index contributed by atoms with van der Waals surface area (Å²) < 4.78 is 11.6. The summed E-state index contributed by atoms with van der Waals surface area (Å²) in [5, 5.41) is 0. The molecular formula is C22H23IN2O5. The third-order valence-electron chi connectivity index (χ3n) is 5.08. The van der Waals surface area contributed by atoms with Crippen LogP contribution in [0.1, 0.15) is 18.9 Å². The fourth-order valence-electron chi connectivity index (χ4n) is 3.54. The van der Waals surface area contributed by atoms with Gasteiger partial charge in [-0.15, -0.1) is 0 Å². The Balaban J connectivity index is 1.76. The van der Waals surface area contributed by atoms with Gasteiger partial charge in [0.05, 0.1) is 26.3 Å². The highest BCUT2D eigenvalue weighted by Crippen LogP contribution is 2.29. The number of rotatable bonds is 7. The van der Waals surface area contributed by atoms with Crippen LogP contribution in [0.25, 0.3) is 0 Å². The standard InChI is InChI=1S/C22H23IN2O5/c1-14(26)24(11-10-15-4-9-19(29-2)20(12-15)30-3)18-13-21(27)25(22(18)28)17-7-5-16(23)6-8-17/h4-9,12,18H,10-11,13H2,1-3H3. The highest BCUT2D eigenvalue weighted by atomic mass is 127. The summed E-state index contributed by atoms with van der Waals surface area (Å²) in [6.07, 6.45) is 0.498. The molecule has 0 bridgehead atoms. The van der Waals surface area contributed by atoms with Crippen molar-refractivity contribution in [1.29, 1.82) is 0 Å². The maximum atomic E-state index is 13.0. The Morgan fingerprint density at radius 3 is 2.37 bits per heavy atom. The molecule has 8 heteroatoms. The Hall–Kier alpha value is -2.62. The van der Waals surface area contributed by atoms with Gasteiger partial charge in [0.2, 0.25) is 11.8 Å². The summed E-state index contributed by atoms with van der Waals surface area (Å²) in [7, 11) is 3.13. The van der Waals surface area contributed by atoms with Crippen LogP contribution in [0, 0.1) is 3.57 Å². The molecule has 0 aliphatic carbocycles. The lowest BCUT2D eigenvalue weighted by Crippen LogP contribution is -2.45. The number of amides is 3. The zero-order valence-electron chi connectivity index (χ0n) is 17.1. The van der Waals surface area contributed by atoms with E-state index < -0.39 is 6.04 Å². The predicted octanol–water partition coefficient (Wildman–Crippen LogP) is 3.03. The first-order valence-electron chi connectivity index (χ1n) is 9.46. The maximum Gasteiger partial charge on any atom is 0.257 e. The Kier molecular flexibility index (Phi) is 6.96. The highest BCUT2D eigenvalue weighted by molar-refractivity contribution is 14.1. The molecule has 0 spiro atoms. The third-order valence-corrected chi connectivity index (χ3v) is 5.80. The molecule has 1 heterocycles. The fourth-order valence-corrected chi connectivity index (χ4v) is 3.90. The minimum Gasteiger partial charge on any atom is -0.493 e. The van der Waals surface area contributed by atoms with Crippen molar-refractivity contribution >= 4 is 46.0 Å². The van der Waals surface area contributed by atoms with Gasteiger partial charge in [-0.3, -0.25) is 14.4 Å². The number of methoxy groups -OCH3 is 2. The van der Waals surface area contributed by atoms with E-state index >= 15 is 0 Å². The second kappa shape index (κ2) is 9.46. The second-order valence-electron chi connectivity index (χ2n) is 6.92. The first-order valence-corrected chi connectivity index (χ1v) is 10.5. The molecule has 0 N–H and O–H groups in total. The highest BCUT2D eigenvalue weighted by Gasteiger charge is 2.43. The summed E-state index contributed by atoms with van der Waals surface area (Å²) in [5.74, 6) is 0.300. The van der Waals surface area contributed by atoms with Crippen molar-refractivity contribution in [1.82, 2.24) is 4.90 Å². The number of imide groups is 1. The number of nitrogens with zero attached hydrogens (tertiary/aromatic N) is 2. The zero-order chi connectivity index (χ0) is 21.8. The first-order chi connectivity index (χ1) is 14.3. The Morgan fingerprint density at radius 2 is 1.77 bits per heavy atom. The lowest BCUT2D eigenvalue weighted by Gasteiger charge is -2.26. The van der Waals surface area contributed by atoms with Crippen molar-refractivity contribution in [3.05, 3.63) is 51.6 Å². The molecular weight excluding hydrogens is 499 g/mol. The van der Waals surface area contributed by atoms with E-state index in [1.165, 1.54) is 16.7 Å². The average Bonchev–Trinajstić information content (AvgIpc) is 3.02. The van der Waals surface area contributed by atoms with E-state index in [1.807, 2.05) is 24.3 Å². The molecule has 1 aliphatic heterocycles. The molecule has 3 amide bonds. The molecule has 7 nitrogen and oxygen atoms in total. The van der Waals surface area contributed by atoms with Gasteiger partial charge in [-0.1, -0.05) is 6.07 Å². The van der Waals surface area contributed by atoms with Gasteiger partial charge in [-0.05, 0) is 71.0 Å². The van der Waals surface area contributed by atoms with Crippen LogP contribution < -0.4 is 14.4 Å². The lowest BCUT2D eigenvalue weighted by atomic mass is 10.1. The number of carbonyl (C=O) groups excluding carboxylic acids is 3. The fraction of sp³-hybridized carbons (Fsp3) is 0.318. The number of benzene rings is 2. The first kappa shape index (κ1) is 22.1. The van der Waals surface area contributed by atoms with Crippen molar-refractivity contribution in [3.8, 4) is 11.5 Å². The topological polar surface area (TPSA) is 76.2 Å². The van der Waals surface area contributed by atoms with E-state index in [-0.39, 0.29) is 24.1 Å². The third kappa shape index (κ3) is 4.58. The van der Waals surface area contributed by atoms with Crippen LogP contribution in [0.4, 0.5) is 5.69 Å². The van der Waals surface area contributed by atoms with Crippen molar-refractivity contribution in [3.63, 3.8) is 0 Å². The molecule has 0 saturated carbocycles. The zero-order valence-corrected chi connectivity index (χ0v) is 19.2. The summed E-state index contributed by atoms with van der Waals surface area (Å²) >= 11 is 2.16. The number of halogens is 1. The summed E-state index contributed by atoms with van der Waals surface area (Å²) in [5.41, 5.74) is 1.46. The number of hydrogen-bond acceptors (Lipinski definition) is 5. The van der Waals surface area contributed by atoms with Gasteiger partial charge in [0, 0.05) is 17.0 Å². The Morgan fingerprint density at radius 1 is 1.10 bits per heavy atom. The van der Waals surface area contributed by atoms with E-state index in [4.69, 9.17) is 9.47 Å². The van der Waals surface area contributed by atoms with Crippen LogP contribution >= 0.6 is 22.6 Å².